The molecular weight excluding hydrogens is 274 g/mol. The first kappa shape index (κ1) is 13.8. The van der Waals surface area contributed by atoms with Gasteiger partial charge in [-0.25, -0.2) is 0 Å². The van der Waals surface area contributed by atoms with Crippen LogP contribution >= 0.6 is 12.2 Å². The Kier molecular flexibility index (Phi) is 2.98. The lowest BCUT2D eigenvalue weighted by molar-refractivity contribution is -0.0814. The number of hydrogen-bond acceptors (Lipinski definition) is 1. The summed E-state index contributed by atoms with van der Waals surface area (Å²) in [5.41, 5.74) is 8.29. The quantitative estimate of drug-likeness (QED) is 0.835. The minimum Gasteiger partial charge on any atom is -0.393 e. The lowest BCUT2D eigenvalue weighted by Gasteiger charge is -2.65. The molecule has 0 amide bonds. The second kappa shape index (κ2) is 4.55. The van der Waals surface area contributed by atoms with E-state index in [1.165, 1.54) is 44.1 Å². The molecule has 2 heteroatoms. The zero-order valence-electron chi connectivity index (χ0n) is 12.8. The molecule has 112 valence electrons. The highest BCUT2D eigenvalue weighted by atomic mass is 32.1. The summed E-state index contributed by atoms with van der Waals surface area (Å²) in [7, 11) is 0. The molecule has 4 fully saturated rings. The van der Waals surface area contributed by atoms with E-state index in [0.29, 0.717) is 5.41 Å². The lowest BCUT2D eigenvalue weighted by atomic mass is 9.40. The molecule has 4 saturated carbocycles. The van der Waals surface area contributed by atoms with E-state index < -0.39 is 0 Å². The molecule has 4 bridgehead atoms. The van der Waals surface area contributed by atoms with E-state index in [4.69, 9.17) is 18.0 Å². The van der Waals surface area contributed by atoms with Crippen molar-refractivity contribution in [3.05, 3.63) is 35.9 Å². The predicted octanol–water partition coefficient (Wildman–Crippen LogP) is 4.45. The Hall–Kier alpha value is -0.890. The summed E-state index contributed by atoms with van der Waals surface area (Å²) in [5, 5.41) is 0. The summed E-state index contributed by atoms with van der Waals surface area (Å²) in [6, 6.07) is 11.2. The Bertz CT molecular complexity index is 548. The molecule has 0 radical (unpaired) electrons. The van der Waals surface area contributed by atoms with Gasteiger partial charge in [-0.05, 0) is 60.8 Å². The van der Waals surface area contributed by atoms with Gasteiger partial charge in [0.05, 0.1) is 4.99 Å². The molecule has 4 aliphatic carbocycles. The molecule has 2 unspecified atom stereocenters. The van der Waals surface area contributed by atoms with Gasteiger partial charge in [-0.15, -0.1) is 0 Å². The van der Waals surface area contributed by atoms with Crippen molar-refractivity contribution < 1.29 is 0 Å². The molecular formula is C19H25NS. The summed E-state index contributed by atoms with van der Waals surface area (Å²) >= 11 is 5.54. The molecule has 1 nitrogen and oxygen atoms in total. The van der Waals surface area contributed by atoms with Crippen LogP contribution in [0, 0.1) is 23.2 Å². The normalized spacial score (nSPS) is 44.0. The minimum atomic E-state index is 0.155. The number of rotatable bonds is 3. The SMILES string of the molecule is CCC1C2CC3(C(N)=S)CC1CC(c1ccccc1)(C2)C3. The minimum absolute atomic E-state index is 0.155. The molecule has 1 aromatic carbocycles. The maximum Gasteiger partial charge on any atom is 0.0790 e. The molecule has 0 spiro atoms. The van der Waals surface area contributed by atoms with Gasteiger partial charge in [0, 0.05) is 5.41 Å². The number of thiocarbonyl (C=S) groups is 1. The second-order valence-electron chi connectivity index (χ2n) is 7.88. The fraction of sp³-hybridized carbons (Fsp3) is 0.632. The van der Waals surface area contributed by atoms with E-state index in [1.54, 1.807) is 0 Å². The summed E-state index contributed by atoms with van der Waals surface area (Å²) in [6.45, 7) is 2.37. The summed E-state index contributed by atoms with van der Waals surface area (Å²) in [6.07, 6.45) is 7.75. The van der Waals surface area contributed by atoms with Gasteiger partial charge in [-0.3, -0.25) is 0 Å². The first-order chi connectivity index (χ1) is 10.1. The highest BCUT2D eigenvalue weighted by Gasteiger charge is 2.61. The Morgan fingerprint density at radius 3 is 2.29 bits per heavy atom. The predicted molar refractivity (Wildman–Crippen MR) is 91.2 cm³/mol. The van der Waals surface area contributed by atoms with Crippen LogP contribution in [0.3, 0.4) is 0 Å². The average molecular weight is 299 g/mol. The Morgan fingerprint density at radius 1 is 1.14 bits per heavy atom. The molecule has 0 heterocycles. The third-order valence-corrected chi connectivity index (χ3v) is 7.31. The third-order valence-electron chi connectivity index (χ3n) is 6.88. The van der Waals surface area contributed by atoms with Crippen molar-refractivity contribution in [2.75, 3.05) is 0 Å². The summed E-state index contributed by atoms with van der Waals surface area (Å²) in [5.74, 6) is 2.57. The van der Waals surface area contributed by atoms with Crippen LogP contribution in [0.4, 0.5) is 0 Å². The zero-order chi connectivity index (χ0) is 14.7. The van der Waals surface area contributed by atoms with Crippen molar-refractivity contribution in [2.45, 2.75) is 50.9 Å². The van der Waals surface area contributed by atoms with Crippen LogP contribution in [0.2, 0.25) is 0 Å². The van der Waals surface area contributed by atoms with Crippen molar-refractivity contribution in [1.82, 2.24) is 0 Å². The topological polar surface area (TPSA) is 26.0 Å². The van der Waals surface area contributed by atoms with Crippen molar-refractivity contribution in [3.63, 3.8) is 0 Å². The van der Waals surface area contributed by atoms with Gasteiger partial charge in [0.2, 0.25) is 0 Å². The van der Waals surface area contributed by atoms with Gasteiger partial charge in [0.15, 0.2) is 0 Å². The van der Waals surface area contributed by atoms with Crippen molar-refractivity contribution >= 4 is 17.2 Å². The van der Waals surface area contributed by atoms with Crippen LogP contribution < -0.4 is 5.73 Å². The van der Waals surface area contributed by atoms with E-state index in [1.807, 2.05) is 0 Å². The Morgan fingerprint density at radius 2 is 1.76 bits per heavy atom. The maximum atomic E-state index is 6.25. The smallest absolute Gasteiger partial charge is 0.0790 e. The fourth-order valence-electron chi connectivity index (χ4n) is 6.33. The second-order valence-corrected chi connectivity index (χ2v) is 8.32. The summed E-state index contributed by atoms with van der Waals surface area (Å²) < 4.78 is 0. The van der Waals surface area contributed by atoms with Crippen molar-refractivity contribution in [3.8, 4) is 0 Å². The zero-order valence-corrected chi connectivity index (χ0v) is 13.7. The van der Waals surface area contributed by atoms with Gasteiger partial charge in [-0.2, -0.15) is 0 Å². The van der Waals surface area contributed by atoms with Crippen LogP contribution in [0.25, 0.3) is 0 Å². The molecule has 5 rings (SSSR count). The molecule has 1 aromatic rings. The fourth-order valence-corrected chi connectivity index (χ4v) is 6.57. The van der Waals surface area contributed by atoms with Gasteiger partial charge < -0.3 is 5.73 Å². The number of nitrogens with two attached hydrogens (primary N) is 1. The molecule has 21 heavy (non-hydrogen) atoms. The Labute approximate surface area is 133 Å². The van der Waals surface area contributed by atoms with Gasteiger partial charge in [0.25, 0.3) is 0 Å². The van der Waals surface area contributed by atoms with Gasteiger partial charge in [0.1, 0.15) is 0 Å². The number of benzene rings is 1. The molecule has 4 aliphatic rings. The van der Waals surface area contributed by atoms with Crippen LogP contribution in [0.15, 0.2) is 30.3 Å². The summed E-state index contributed by atoms with van der Waals surface area (Å²) in [4.78, 5) is 0.798. The van der Waals surface area contributed by atoms with E-state index in [0.717, 1.165) is 22.7 Å². The average Bonchev–Trinajstić information content (AvgIpc) is 2.47. The van der Waals surface area contributed by atoms with Crippen molar-refractivity contribution in [1.29, 1.82) is 0 Å². The highest BCUT2D eigenvalue weighted by Crippen LogP contribution is 2.68. The largest absolute Gasteiger partial charge is 0.393 e. The van der Waals surface area contributed by atoms with E-state index in [9.17, 15) is 0 Å². The van der Waals surface area contributed by atoms with Gasteiger partial charge >= 0.3 is 0 Å². The maximum absolute atomic E-state index is 6.25. The van der Waals surface area contributed by atoms with Crippen LogP contribution in [-0.4, -0.2) is 4.99 Å². The standard InChI is InChI=1S/C19H25NS/c1-2-16-13-8-18(15-6-4-3-5-7-15)9-14(16)11-19(10-13,12-18)17(20)21/h3-7,13-14,16H,2,8-12H2,1H3,(H2,20,21). The number of hydrogen-bond donors (Lipinski definition) is 1. The van der Waals surface area contributed by atoms with Crippen LogP contribution in [0.1, 0.15) is 51.0 Å². The van der Waals surface area contributed by atoms with E-state index >= 15 is 0 Å². The Balaban J connectivity index is 1.80. The first-order valence-electron chi connectivity index (χ1n) is 8.44. The molecule has 2 atom stereocenters. The molecule has 2 N–H and O–H groups in total. The lowest BCUT2D eigenvalue weighted by Crippen LogP contribution is -2.60. The van der Waals surface area contributed by atoms with E-state index in [-0.39, 0.29) is 5.41 Å². The van der Waals surface area contributed by atoms with Gasteiger partial charge in [-0.1, -0.05) is 55.9 Å². The van der Waals surface area contributed by atoms with E-state index in [2.05, 4.69) is 37.3 Å². The molecule has 0 aliphatic heterocycles. The third kappa shape index (κ3) is 1.84. The van der Waals surface area contributed by atoms with Crippen LogP contribution in [-0.2, 0) is 5.41 Å². The highest BCUT2D eigenvalue weighted by molar-refractivity contribution is 7.80. The molecule has 0 saturated heterocycles. The van der Waals surface area contributed by atoms with Crippen molar-refractivity contribution in [2.24, 2.45) is 28.9 Å². The van der Waals surface area contributed by atoms with Crippen LogP contribution in [0.5, 0.6) is 0 Å². The monoisotopic (exact) mass is 299 g/mol. The molecule has 0 aromatic heterocycles. The first-order valence-corrected chi connectivity index (χ1v) is 8.85.